The van der Waals surface area contributed by atoms with E-state index < -0.39 is 5.97 Å². The van der Waals surface area contributed by atoms with Crippen LogP contribution in [0, 0.1) is 0 Å². The van der Waals surface area contributed by atoms with Crippen LogP contribution < -0.4 is 0 Å². The Morgan fingerprint density at radius 3 is 3.07 bits per heavy atom. The number of carboxylic acids is 1. The lowest BCUT2D eigenvalue weighted by atomic mass is 10.2. The summed E-state index contributed by atoms with van der Waals surface area (Å²) in [4.78, 5) is 14.9. The van der Waals surface area contributed by atoms with Gasteiger partial charge < -0.3 is 14.1 Å². The van der Waals surface area contributed by atoms with Crippen LogP contribution in [-0.4, -0.2) is 20.6 Å². The van der Waals surface area contributed by atoms with Gasteiger partial charge in [-0.15, -0.1) is 0 Å². The summed E-state index contributed by atoms with van der Waals surface area (Å²) in [5.41, 5.74) is 0.636. The zero-order valence-corrected chi connectivity index (χ0v) is 8.17. The summed E-state index contributed by atoms with van der Waals surface area (Å²) >= 11 is 0. The second kappa shape index (κ2) is 3.61. The number of furan rings is 1. The van der Waals surface area contributed by atoms with Gasteiger partial charge in [-0.05, 0) is 6.07 Å². The summed E-state index contributed by atoms with van der Waals surface area (Å²) in [5, 5.41) is 8.83. The highest BCUT2D eigenvalue weighted by molar-refractivity contribution is 5.86. The molecule has 0 bridgehead atoms. The topological polar surface area (TPSA) is 68.3 Å². The van der Waals surface area contributed by atoms with Crippen molar-refractivity contribution < 1.29 is 14.3 Å². The number of carbonyl (C=O) groups is 1. The van der Waals surface area contributed by atoms with E-state index in [9.17, 15) is 4.79 Å². The molecule has 0 saturated heterocycles. The highest BCUT2D eigenvalue weighted by Crippen LogP contribution is 2.14. The first-order chi connectivity index (χ1) is 7.18. The van der Waals surface area contributed by atoms with Crippen LogP contribution in [-0.2, 0) is 13.5 Å². The number of rotatable bonds is 3. The third kappa shape index (κ3) is 1.76. The molecule has 78 valence electrons. The first kappa shape index (κ1) is 9.51. The molecule has 2 aromatic rings. The number of aromatic nitrogens is 2. The summed E-state index contributed by atoms with van der Waals surface area (Å²) in [6, 6.07) is 1.65. The molecule has 0 unspecified atom stereocenters. The number of aromatic carboxylic acids is 1. The van der Waals surface area contributed by atoms with Crippen molar-refractivity contribution in [1.29, 1.82) is 0 Å². The maximum Gasteiger partial charge on any atom is 0.372 e. The number of imidazole rings is 1. The van der Waals surface area contributed by atoms with E-state index in [-0.39, 0.29) is 5.76 Å². The third-order valence-corrected chi connectivity index (χ3v) is 2.21. The van der Waals surface area contributed by atoms with E-state index in [0.717, 1.165) is 5.82 Å². The van der Waals surface area contributed by atoms with Gasteiger partial charge in [-0.25, -0.2) is 9.78 Å². The summed E-state index contributed by atoms with van der Waals surface area (Å²) in [6.45, 7) is 0. The van der Waals surface area contributed by atoms with E-state index in [0.29, 0.717) is 12.0 Å². The molecule has 0 aliphatic carbocycles. The molecular weight excluding hydrogens is 196 g/mol. The van der Waals surface area contributed by atoms with Crippen LogP contribution in [0.25, 0.3) is 0 Å². The van der Waals surface area contributed by atoms with Gasteiger partial charge in [-0.2, -0.15) is 0 Å². The second-order valence-corrected chi connectivity index (χ2v) is 3.21. The fourth-order valence-electron chi connectivity index (χ4n) is 1.40. The molecule has 0 aliphatic heterocycles. The van der Waals surface area contributed by atoms with Crippen molar-refractivity contribution in [3.05, 3.63) is 41.9 Å². The van der Waals surface area contributed by atoms with Gasteiger partial charge in [0.05, 0.1) is 6.26 Å². The van der Waals surface area contributed by atoms with Gasteiger partial charge in [0.2, 0.25) is 5.76 Å². The van der Waals surface area contributed by atoms with E-state index in [1.807, 2.05) is 17.8 Å². The van der Waals surface area contributed by atoms with Crippen molar-refractivity contribution in [2.75, 3.05) is 0 Å². The predicted octanol–water partition coefficient (Wildman–Crippen LogP) is 1.30. The Labute approximate surface area is 86.0 Å². The lowest BCUT2D eigenvalue weighted by Crippen LogP contribution is -2.03. The molecule has 2 rings (SSSR count). The fraction of sp³-hybridized carbons (Fsp3) is 0.200. The highest BCUT2D eigenvalue weighted by atomic mass is 16.4. The molecule has 2 heterocycles. The highest BCUT2D eigenvalue weighted by Gasteiger charge is 2.15. The molecule has 0 aromatic carbocycles. The lowest BCUT2D eigenvalue weighted by Gasteiger charge is -2.00. The molecule has 0 saturated carbocycles. The van der Waals surface area contributed by atoms with Crippen LogP contribution in [0.5, 0.6) is 0 Å². The smallest absolute Gasteiger partial charge is 0.372 e. The molecule has 1 N–H and O–H groups in total. The SMILES string of the molecule is Cn1ccnc1Cc1ccoc1C(=O)O. The van der Waals surface area contributed by atoms with Gasteiger partial charge in [0.15, 0.2) is 0 Å². The summed E-state index contributed by atoms with van der Waals surface area (Å²) in [7, 11) is 1.86. The van der Waals surface area contributed by atoms with Crippen molar-refractivity contribution in [3.63, 3.8) is 0 Å². The first-order valence-electron chi connectivity index (χ1n) is 4.44. The van der Waals surface area contributed by atoms with Gasteiger partial charge in [0.1, 0.15) is 5.82 Å². The molecule has 0 atom stereocenters. The van der Waals surface area contributed by atoms with Crippen LogP contribution in [0.3, 0.4) is 0 Å². The number of nitrogens with zero attached hydrogens (tertiary/aromatic N) is 2. The van der Waals surface area contributed by atoms with Crippen molar-refractivity contribution in [1.82, 2.24) is 9.55 Å². The van der Waals surface area contributed by atoms with E-state index >= 15 is 0 Å². The van der Waals surface area contributed by atoms with Crippen molar-refractivity contribution >= 4 is 5.97 Å². The van der Waals surface area contributed by atoms with E-state index in [2.05, 4.69) is 4.98 Å². The maximum atomic E-state index is 10.8. The number of hydrogen-bond donors (Lipinski definition) is 1. The zero-order chi connectivity index (χ0) is 10.8. The molecule has 0 radical (unpaired) electrons. The summed E-state index contributed by atoms with van der Waals surface area (Å²) in [5.74, 6) is -0.263. The number of carboxylic acid groups (broad SMARTS) is 1. The maximum absolute atomic E-state index is 10.8. The monoisotopic (exact) mass is 206 g/mol. The molecule has 5 nitrogen and oxygen atoms in total. The molecule has 0 aliphatic rings. The average molecular weight is 206 g/mol. The Hall–Kier alpha value is -2.04. The Balaban J connectivity index is 2.28. The van der Waals surface area contributed by atoms with Crippen molar-refractivity contribution in [2.24, 2.45) is 7.05 Å². The van der Waals surface area contributed by atoms with Crippen LogP contribution in [0.1, 0.15) is 21.9 Å². The molecule has 0 fully saturated rings. The Morgan fingerprint density at radius 2 is 2.47 bits per heavy atom. The van der Waals surface area contributed by atoms with Crippen LogP contribution in [0.15, 0.2) is 29.1 Å². The van der Waals surface area contributed by atoms with Gasteiger partial charge in [0.25, 0.3) is 0 Å². The van der Waals surface area contributed by atoms with Gasteiger partial charge >= 0.3 is 5.97 Å². The number of hydrogen-bond acceptors (Lipinski definition) is 3. The summed E-state index contributed by atoms with van der Waals surface area (Å²) in [6.07, 6.45) is 5.33. The van der Waals surface area contributed by atoms with Crippen LogP contribution >= 0.6 is 0 Å². The van der Waals surface area contributed by atoms with Crippen LogP contribution in [0.4, 0.5) is 0 Å². The van der Waals surface area contributed by atoms with E-state index in [1.54, 1.807) is 12.3 Å². The van der Waals surface area contributed by atoms with Crippen LogP contribution in [0.2, 0.25) is 0 Å². The predicted molar refractivity (Wildman–Crippen MR) is 51.7 cm³/mol. The normalized spacial score (nSPS) is 10.5. The molecule has 0 amide bonds. The largest absolute Gasteiger partial charge is 0.475 e. The number of aryl methyl sites for hydroxylation is 1. The van der Waals surface area contributed by atoms with Crippen molar-refractivity contribution in [2.45, 2.75) is 6.42 Å². The van der Waals surface area contributed by atoms with Crippen molar-refractivity contribution in [3.8, 4) is 0 Å². The quantitative estimate of drug-likeness (QED) is 0.821. The second-order valence-electron chi connectivity index (χ2n) is 3.21. The Kier molecular flexibility index (Phi) is 2.29. The van der Waals surface area contributed by atoms with Gasteiger partial charge in [-0.3, -0.25) is 0 Å². The lowest BCUT2D eigenvalue weighted by molar-refractivity contribution is 0.0661. The average Bonchev–Trinajstić information content (AvgIpc) is 2.77. The molecule has 2 aromatic heterocycles. The minimum atomic E-state index is -1.05. The molecular formula is C10H10N2O3. The standard InChI is InChI=1S/C10H10N2O3/c1-12-4-3-11-8(12)6-7-2-5-15-9(7)10(13)14/h2-5H,6H2,1H3,(H,13,14). The molecule has 15 heavy (non-hydrogen) atoms. The van der Waals surface area contributed by atoms with E-state index in [4.69, 9.17) is 9.52 Å². The zero-order valence-electron chi connectivity index (χ0n) is 8.17. The molecule has 0 spiro atoms. The van der Waals surface area contributed by atoms with Gasteiger partial charge in [-0.1, -0.05) is 0 Å². The minimum absolute atomic E-state index is 0.0157. The minimum Gasteiger partial charge on any atom is -0.475 e. The Morgan fingerprint density at radius 1 is 1.67 bits per heavy atom. The fourth-order valence-corrected chi connectivity index (χ4v) is 1.40. The summed E-state index contributed by atoms with van der Waals surface area (Å²) < 4.78 is 6.72. The third-order valence-electron chi connectivity index (χ3n) is 2.21. The Bertz CT molecular complexity index is 484. The first-order valence-corrected chi connectivity index (χ1v) is 4.44. The van der Waals surface area contributed by atoms with E-state index in [1.165, 1.54) is 6.26 Å². The van der Waals surface area contributed by atoms with Gasteiger partial charge in [0, 0.05) is 31.4 Å². The molecule has 5 heteroatoms.